The van der Waals surface area contributed by atoms with Crippen LogP contribution in [0.15, 0.2) is 34.2 Å². The third-order valence-corrected chi connectivity index (χ3v) is 6.01. The van der Waals surface area contributed by atoms with E-state index in [1.165, 1.54) is 40.6 Å². The minimum Gasteiger partial charge on any atom is -0.456 e. The fourth-order valence-corrected chi connectivity index (χ4v) is 5.01. The van der Waals surface area contributed by atoms with Crippen LogP contribution in [0.5, 0.6) is 0 Å². The van der Waals surface area contributed by atoms with Crippen molar-refractivity contribution in [3.05, 3.63) is 49.9 Å². The van der Waals surface area contributed by atoms with E-state index in [0.29, 0.717) is 17.7 Å². The number of thioether (sulfide) groups is 2. The topological polar surface area (TPSA) is 89.8 Å². The molecule has 0 radical (unpaired) electrons. The number of non-ortho nitro benzene ring substituents is 1. The maximum atomic E-state index is 12.4. The van der Waals surface area contributed by atoms with Gasteiger partial charge in [-0.05, 0) is 23.4 Å². The molecule has 2 heterocycles. The summed E-state index contributed by atoms with van der Waals surface area (Å²) in [6.45, 7) is 1.98. The minimum absolute atomic E-state index is 0.00175. The molecule has 0 bridgehead atoms. The molecule has 0 saturated carbocycles. The molecule has 3 rings (SSSR count). The summed E-state index contributed by atoms with van der Waals surface area (Å²) in [7, 11) is 0. The quantitative estimate of drug-likeness (QED) is 0.331. The molecule has 0 aliphatic carbocycles. The van der Waals surface area contributed by atoms with Crippen LogP contribution in [0, 0.1) is 10.1 Å². The van der Waals surface area contributed by atoms with E-state index in [4.69, 9.17) is 4.74 Å². The van der Waals surface area contributed by atoms with Gasteiger partial charge in [0.2, 0.25) is 5.91 Å². The highest BCUT2D eigenvalue weighted by Crippen LogP contribution is 2.50. The Morgan fingerprint density at radius 3 is 2.75 bits per heavy atom. The van der Waals surface area contributed by atoms with Crippen LogP contribution in [0.1, 0.15) is 18.9 Å². The lowest BCUT2D eigenvalue weighted by Crippen LogP contribution is -2.48. The van der Waals surface area contributed by atoms with Gasteiger partial charge >= 0.3 is 5.97 Å². The molecule has 1 atom stereocenters. The predicted octanol–water partition coefficient (Wildman–Crippen LogP) is 2.87. The lowest BCUT2D eigenvalue weighted by atomic mass is 10.2. The Morgan fingerprint density at radius 1 is 1.46 bits per heavy atom. The molecule has 1 aromatic carbocycles. The number of rotatable bonds is 6. The first-order valence-corrected chi connectivity index (χ1v) is 9.14. The fraction of sp³-hybridized carbons (Fsp3) is 0.333. The number of hydrogen-bond donors (Lipinski definition) is 0. The molecule has 1 unspecified atom stereocenters. The highest BCUT2D eigenvalue weighted by molar-refractivity contribution is 8.22. The third kappa shape index (κ3) is 3.13. The molecule has 7 nitrogen and oxygen atoms in total. The van der Waals surface area contributed by atoms with E-state index >= 15 is 0 Å². The maximum Gasteiger partial charge on any atom is 0.357 e. The number of fused-ring (bicyclic) bond motifs is 1. The second kappa shape index (κ2) is 6.86. The van der Waals surface area contributed by atoms with E-state index < -0.39 is 10.9 Å². The Labute approximate surface area is 146 Å². The normalized spacial score (nSPS) is 19.1. The van der Waals surface area contributed by atoms with Crippen molar-refractivity contribution in [1.82, 2.24) is 4.90 Å². The van der Waals surface area contributed by atoms with Crippen LogP contribution in [0.4, 0.5) is 5.69 Å². The van der Waals surface area contributed by atoms with Gasteiger partial charge < -0.3 is 4.74 Å². The van der Waals surface area contributed by atoms with Crippen molar-refractivity contribution in [2.24, 2.45) is 0 Å². The molecule has 1 fully saturated rings. The fourth-order valence-electron chi connectivity index (χ4n) is 2.37. The Hall–Kier alpha value is -2.00. The summed E-state index contributed by atoms with van der Waals surface area (Å²) in [5.74, 6) is 0.199. The molecule has 0 aromatic heterocycles. The van der Waals surface area contributed by atoms with Crippen LogP contribution in [0.25, 0.3) is 0 Å². The number of ether oxygens (including phenoxy) is 1. The van der Waals surface area contributed by atoms with Crippen LogP contribution in [-0.4, -0.2) is 32.8 Å². The molecule has 2 aliphatic rings. The molecule has 1 amide bonds. The average Bonchev–Trinajstić information content (AvgIpc) is 2.85. The Morgan fingerprint density at radius 2 is 2.17 bits per heavy atom. The van der Waals surface area contributed by atoms with Crippen molar-refractivity contribution < 1.29 is 19.2 Å². The van der Waals surface area contributed by atoms with Gasteiger partial charge in [-0.1, -0.05) is 18.7 Å². The van der Waals surface area contributed by atoms with E-state index in [0.717, 1.165) is 9.99 Å². The lowest BCUT2D eigenvalue weighted by molar-refractivity contribution is -0.384. The first-order chi connectivity index (χ1) is 11.5. The van der Waals surface area contributed by atoms with E-state index in [1.807, 2.05) is 6.92 Å². The monoisotopic (exact) mass is 366 g/mol. The van der Waals surface area contributed by atoms with E-state index in [-0.39, 0.29) is 23.6 Å². The summed E-state index contributed by atoms with van der Waals surface area (Å²) >= 11 is 3.05. The van der Waals surface area contributed by atoms with Crippen LogP contribution >= 0.6 is 23.5 Å². The van der Waals surface area contributed by atoms with Gasteiger partial charge in [0.1, 0.15) is 6.61 Å². The van der Waals surface area contributed by atoms with Gasteiger partial charge in [-0.15, -0.1) is 11.8 Å². The number of hydrogen-bond acceptors (Lipinski definition) is 7. The summed E-state index contributed by atoms with van der Waals surface area (Å²) in [5.41, 5.74) is 0.960. The van der Waals surface area contributed by atoms with E-state index in [2.05, 4.69) is 0 Å². The van der Waals surface area contributed by atoms with Gasteiger partial charge in [0.05, 0.1) is 21.0 Å². The van der Waals surface area contributed by atoms with Crippen molar-refractivity contribution in [1.29, 1.82) is 0 Å². The van der Waals surface area contributed by atoms with Crippen LogP contribution in [-0.2, 0) is 20.9 Å². The number of carbonyl (C=O) groups is 2. The van der Waals surface area contributed by atoms with E-state index in [1.54, 1.807) is 12.1 Å². The number of benzene rings is 1. The smallest absolute Gasteiger partial charge is 0.357 e. The van der Waals surface area contributed by atoms with Gasteiger partial charge in [0.25, 0.3) is 5.69 Å². The van der Waals surface area contributed by atoms with Gasteiger partial charge in [-0.2, -0.15) is 0 Å². The molecule has 9 heteroatoms. The predicted molar refractivity (Wildman–Crippen MR) is 90.9 cm³/mol. The maximum absolute atomic E-state index is 12.4. The summed E-state index contributed by atoms with van der Waals surface area (Å²) < 4.78 is 6.12. The Balaban J connectivity index is 1.68. The van der Waals surface area contributed by atoms with Gasteiger partial charge in [-0.25, -0.2) is 4.79 Å². The highest BCUT2D eigenvalue weighted by atomic mass is 32.2. The second-order valence-electron chi connectivity index (χ2n) is 5.11. The average molecular weight is 366 g/mol. The molecular formula is C15H14N2O5S2. The molecule has 1 aromatic rings. The number of esters is 1. The second-order valence-corrected chi connectivity index (χ2v) is 7.83. The van der Waals surface area contributed by atoms with Crippen LogP contribution < -0.4 is 0 Å². The van der Waals surface area contributed by atoms with Crippen molar-refractivity contribution >= 4 is 41.1 Å². The minimum atomic E-state index is -0.535. The number of nitrogens with zero attached hydrogens (tertiary/aromatic N) is 2. The summed E-state index contributed by atoms with van der Waals surface area (Å²) in [6.07, 6.45) is 0.442. The molecule has 1 saturated heterocycles. The standard InChI is InChI=1S/C15H14N2O5S2/c1-2-23-15-13(16-11(18)7-12(16)24-15)14(19)22-8-9-3-5-10(6-4-9)17(20)21/h3-6,12H,2,7-8H2,1H3. The van der Waals surface area contributed by atoms with Crippen molar-refractivity contribution in [2.75, 3.05) is 5.75 Å². The first kappa shape index (κ1) is 16.8. The summed E-state index contributed by atoms with van der Waals surface area (Å²) in [6, 6.07) is 5.81. The Bertz CT molecular complexity index is 732. The van der Waals surface area contributed by atoms with Gasteiger partial charge in [0.15, 0.2) is 5.70 Å². The number of nitro benzene ring substituents is 1. The zero-order chi connectivity index (χ0) is 17.3. The Kier molecular flexibility index (Phi) is 4.81. The third-order valence-electron chi connectivity index (χ3n) is 3.57. The summed E-state index contributed by atoms with van der Waals surface area (Å²) in [4.78, 5) is 35.8. The number of amides is 1. The van der Waals surface area contributed by atoms with E-state index in [9.17, 15) is 19.7 Å². The number of nitro groups is 1. The highest BCUT2D eigenvalue weighted by Gasteiger charge is 2.48. The summed E-state index contributed by atoms with van der Waals surface area (Å²) in [5, 5.41) is 10.6. The molecule has 0 N–H and O–H groups in total. The van der Waals surface area contributed by atoms with Crippen molar-refractivity contribution in [3.63, 3.8) is 0 Å². The van der Waals surface area contributed by atoms with Crippen LogP contribution in [0.3, 0.4) is 0 Å². The lowest BCUT2D eigenvalue weighted by Gasteiger charge is -2.34. The molecule has 2 aliphatic heterocycles. The zero-order valence-electron chi connectivity index (χ0n) is 12.8. The van der Waals surface area contributed by atoms with Crippen molar-refractivity contribution in [3.8, 4) is 0 Å². The molecule has 24 heavy (non-hydrogen) atoms. The number of carbonyl (C=O) groups excluding carboxylic acids is 2. The zero-order valence-corrected chi connectivity index (χ0v) is 14.4. The SMILES string of the molecule is CCSC1=C(C(=O)OCc2ccc([N+](=O)[O-])cc2)N2C(=O)CC2S1. The van der Waals surface area contributed by atoms with Gasteiger partial charge in [0, 0.05) is 12.1 Å². The largest absolute Gasteiger partial charge is 0.456 e. The first-order valence-electron chi connectivity index (χ1n) is 7.27. The molecule has 126 valence electrons. The molecule has 0 spiro atoms. The van der Waals surface area contributed by atoms with Gasteiger partial charge in [-0.3, -0.25) is 19.8 Å². The molecular weight excluding hydrogens is 352 g/mol. The van der Waals surface area contributed by atoms with Crippen LogP contribution in [0.2, 0.25) is 0 Å². The van der Waals surface area contributed by atoms with Crippen molar-refractivity contribution in [2.45, 2.75) is 25.3 Å². The number of β-lactam (4-membered cyclic amide) rings is 1.